The molecule has 0 fully saturated rings. The molecule has 0 bridgehead atoms. The lowest BCUT2D eigenvalue weighted by Crippen LogP contribution is -2.19. The average molecular weight is 545 g/mol. The molecule has 0 aromatic heterocycles. The predicted octanol–water partition coefficient (Wildman–Crippen LogP) is 7.35. The number of hydrazone groups is 2. The van der Waals surface area contributed by atoms with Crippen molar-refractivity contribution in [3.63, 3.8) is 0 Å². The molecule has 0 aliphatic rings. The highest BCUT2D eigenvalue weighted by Gasteiger charge is 2.06. The van der Waals surface area contributed by atoms with Crippen molar-refractivity contribution in [1.29, 1.82) is 0 Å². The third-order valence-electron chi connectivity index (χ3n) is 6.82. The lowest BCUT2D eigenvalue weighted by Gasteiger charge is -2.06. The van der Waals surface area contributed by atoms with Gasteiger partial charge in [0.05, 0.1) is 11.4 Å². The molecule has 6 nitrogen and oxygen atoms in total. The predicted molar refractivity (Wildman–Crippen MR) is 168 cm³/mol. The van der Waals surface area contributed by atoms with Crippen LogP contribution in [0.2, 0.25) is 0 Å². The number of nitrogens with zero attached hydrogens (tertiary/aromatic N) is 2. The molecule has 2 N–H and O–H groups in total. The molecule has 0 saturated carbocycles. The monoisotopic (exact) mass is 544 g/mol. The van der Waals surface area contributed by atoms with Crippen LogP contribution in [-0.2, 0) is 9.59 Å². The minimum atomic E-state index is -0.131. The summed E-state index contributed by atoms with van der Waals surface area (Å²) in [4.78, 5) is 24.4. The summed E-state index contributed by atoms with van der Waals surface area (Å²) in [7, 11) is 0. The van der Waals surface area contributed by atoms with Gasteiger partial charge in [-0.05, 0) is 60.1 Å². The maximum absolute atomic E-state index is 12.2. The summed E-state index contributed by atoms with van der Waals surface area (Å²) in [5.41, 5.74) is 13.3. The number of hydrogen-bond donors (Lipinski definition) is 2. The fraction of sp³-hybridized carbons (Fsp3) is 0.200. The molecule has 0 aliphatic carbocycles. The molecule has 0 saturated heterocycles. The Morgan fingerprint density at radius 1 is 0.488 bits per heavy atom. The molecule has 0 aliphatic heterocycles. The van der Waals surface area contributed by atoms with E-state index in [1.165, 1.54) is 0 Å². The van der Waals surface area contributed by atoms with E-state index in [-0.39, 0.29) is 11.8 Å². The summed E-state index contributed by atoms with van der Waals surface area (Å²) < 4.78 is 0. The zero-order valence-electron chi connectivity index (χ0n) is 23.6. The van der Waals surface area contributed by atoms with E-state index in [0.717, 1.165) is 51.2 Å². The van der Waals surface area contributed by atoms with Gasteiger partial charge in [-0.15, -0.1) is 0 Å². The SMILES string of the molecule is CC(=NNC(=O)CCCCCC(=O)NN=C(C)c1ccc(-c2ccccc2)cc1)c1ccc(-c2ccccc2)cc1. The van der Waals surface area contributed by atoms with Crippen molar-refractivity contribution in [3.8, 4) is 22.3 Å². The van der Waals surface area contributed by atoms with Crippen molar-refractivity contribution in [2.24, 2.45) is 10.2 Å². The first-order chi connectivity index (χ1) is 20.0. The smallest absolute Gasteiger partial charge is 0.240 e. The van der Waals surface area contributed by atoms with Crippen LogP contribution in [0.25, 0.3) is 22.3 Å². The van der Waals surface area contributed by atoms with Crippen LogP contribution in [0.5, 0.6) is 0 Å². The number of carbonyl (C=O) groups is 2. The van der Waals surface area contributed by atoms with E-state index in [2.05, 4.69) is 69.6 Å². The van der Waals surface area contributed by atoms with Crippen molar-refractivity contribution < 1.29 is 9.59 Å². The molecule has 4 rings (SSSR count). The van der Waals surface area contributed by atoms with Crippen molar-refractivity contribution in [2.75, 3.05) is 0 Å². The Kier molecular flexibility index (Phi) is 10.7. The summed E-state index contributed by atoms with van der Waals surface area (Å²) in [5.74, 6) is -0.263. The highest BCUT2D eigenvalue weighted by atomic mass is 16.2. The van der Waals surface area contributed by atoms with Crippen molar-refractivity contribution in [3.05, 3.63) is 120 Å². The average Bonchev–Trinajstić information content (AvgIpc) is 3.03. The second-order valence-corrected chi connectivity index (χ2v) is 9.91. The van der Waals surface area contributed by atoms with Crippen LogP contribution in [0.4, 0.5) is 0 Å². The van der Waals surface area contributed by atoms with Crippen molar-refractivity contribution in [2.45, 2.75) is 46.0 Å². The molecule has 2 amide bonds. The summed E-state index contributed by atoms with van der Waals surface area (Å²) in [6, 6.07) is 36.6. The minimum absolute atomic E-state index is 0.131. The molecule has 0 heterocycles. The quantitative estimate of drug-likeness (QED) is 0.111. The van der Waals surface area contributed by atoms with Gasteiger partial charge in [0.1, 0.15) is 0 Å². The van der Waals surface area contributed by atoms with Crippen LogP contribution in [-0.4, -0.2) is 23.2 Å². The number of benzene rings is 4. The van der Waals surface area contributed by atoms with Gasteiger partial charge in [-0.3, -0.25) is 9.59 Å². The molecule has 208 valence electrons. The molecule has 0 spiro atoms. The van der Waals surface area contributed by atoms with Gasteiger partial charge in [-0.2, -0.15) is 10.2 Å². The summed E-state index contributed by atoms with van der Waals surface area (Å²) in [6.07, 6.45) is 2.88. The van der Waals surface area contributed by atoms with E-state index in [0.29, 0.717) is 25.7 Å². The maximum atomic E-state index is 12.2. The molecule has 4 aromatic rings. The Morgan fingerprint density at radius 2 is 0.829 bits per heavy atom. The van der Waals surface area contributed by atoms with Crippen molar-refractivity contribution >= 4 is 23.2 Å². The van der Waals surface area contributed by atoms with E-state index in [1.807, 2.05) is 74.5 Å². The topological polar surface area (TPSA) is 82.9 Å². The van der Waals surface area contributed by atoms with E-state index in [9.17, 15) is 9.59 Å². The second kappa shape index (κ2) is 15.1. The van der Waals surface area contributed by atoms with Crippen LogP contribution >= 0.6 is 0 Å². The zero-order valence-corrected chi connectivity index (χ0v) is 23.6. The second-order valence-electron chi connectivity index (χ2n) is 9.91. The van der Waals surface area contributed by atoms with Crippen LogP contribution in [0.15, 0.2) is 119 Å². The number of nitrogens with one attached hydrogen (secondary N) is 2. The molecule has 6 heteroatoms. The van der Waals surface area contributed by atoms with Gasteiger partial charge in [0.25, 0.3) is 0 Å². The van der Waals surface area contributed by atoms with Crippen LogP contribution in [0.3, 0.4) is 0 Å². The van der Waals surface area contributed by atoms with Gasteiger partial charge in [0.2, 0.25) is 11.8 Å². The Morgan fingerprint density at radius 3 is 1.20 bits per heavy atom. The Bertz CT molecular complexity index is 1360. The number of amides is 2. The first kappa shape index (κ1) is 29.2. The van der Waals surface area contributed by atoms with Crippen LogP contribution < -0.4 is 10.9 Å². The number of unbranched alkanes of at least 4 members (excludes halogenated alkanes) is 2. The lowest BCUT2D eigenvalue weighted by molar-refractivity contribution is -0.121. The maximum Gasteiger partial charge on any atom is 0.240 e. The molecule has 0 radical (unpaired) electrons. The van der Waals surface area contributed by atoms with E-state index < -0.39 is 0 Å². The first-order valence-corrected chi connectivity index (χ1v) is 14.0. The normalized spacial score (nSPS) is 11.7. The molecular weight excluding hydrogens is 508 g/mol. The summed E-state index contributed by atoms with van der Waals surface area (Å²) in [6.45, 7) is 3.75. The molecule has 4 aromatic carbocycles. The van der Waals surface area contributed by atoms with E-state index >= 15 is 0 Å². The molecule has 41 heavy (non-hydrogen) atoms. The third kappa shape index (κ3) is 9.11. The van der Waals surface area contributed by atoms with Gasteiger partial charge in [0.15, 0.2) is 0 Å². The third-order valence-corrected chi connectivity index (χ3v) is 6.82. The minimum Gasteiger partial charge on any atom is -0.273 e. The Labute approximate surface area is 242 Å². The number of carbonyl (C=O) groups excluding carboxylic acids is 2. The summed E-state index contributed by atoms with van der Waals surface area (Å²) in [5, 5.41) is 8.50. The van der Waals surface area contributed by atoms with Crippen LogP contribution in [0, 0.1) is 0 Å². The molecule has 0 unspecified atom stereocenters. The van der Waals surface area contributed by atoms with E-state index in [1.54, 1.807) is 0 Å². The van der Waals surface area contributed by atoms with Gasteiger partial charge in [-0.1, -0.05) is 116 Å². The lowest BCUT2D eigenvalue weighted by atomic mass is 10.0. The van der Waals surface area contributed by atoms with Crippen molar-refractivity contribution in [1.82, 2.24) is 10.9 Å². The van der Waals surface area contributed by atoms with Gasteiger partial charge in [0, 0.05) is 12.8 Å². The van der Waals surface area contributed by atoms with Crippen LogP contribution in [0.1, 0.15) is 57.1 Å². The van der Waals surface area contributed by atoms with Gasteiger partial charge < -0.3 is 0 Å². The highest BCUT2D eigenvalue weighted by Crippen LogP contribution is 2.20. The fourth-order valence-electron chi connectivity index (χ4n) is 4.35. The van der Waals surface area contributed by atoms with Gasteiger partial charge in [-0.25, -0.2) is 10.9 Å². The number of rotatable bonds is 12. The Hall–Kier alpha value is -4.84. The molecule has 0 atom stereocenters. The van der Waals surface area contributed by atoms with Gasteiger partial charge >= 0.3 is 0 Å². The highest BCUT2D eigenvalue weighted by molar-refractivity contribution is 6.00. The molecular formula is C35H36N4O2. The summed E-state index contributed by atoms with van der Waals surface area (Å²) >= 11 is 0. The fourth-order valence-corrected chi connectivity index (χ4v) is 4.35. The largest absolute Gasteiger partial charge is 0.273 e. The zero-order chi connectivity index (χ0) is 28.9. The standard InChI is InChI=1S/C35H36N4O2/c1-26(28-18-22-32(23-19-28)30-12-6-3-7-13-30)36-38-34(40)16-10-5-11-17-35(41)39-37-27(2)29-20-24-33(25-21-29)31-14-8-4-9-15-31/h3-4,6-9,12-15,18-25H,5,10-11,16-17H2,1-2H3,(H,38,40)(H,39,41). The Balaban J connectivity index is 1.12. The number of hydrogen-bond acceptors (Lipinski definition) is 4. The first-order valence-electron chi connectivity index (χ1n) is 14.0. The van der Waals surface area contributed by atoms with E-state index in [4.69, 9.17) is 0 Å².